The Balaban J connectivity index is 1.13. The molecule has 5 aromatic rings. The maximum absolute atomic E-state index is 14.5. The van der Waals surface area contributed by atoms with Crippen molar-refractivity contribution in [1.29, 1.82) is 0 Å². The smallest absolute Gasteiger partial charge is 0.433 e. The third-order valence-electron chi connectivity index (χ3n) is 10.00. The summed E-state index contributed by atoms with van der Waals surface area (Å²) in [7, 11) is 0. The van der Waals surface area contributed by atoms with Gasteiger partial charge in [0.05, 0.1) is 17.4 Å². The predicted octanol–water partition coefficient (Wildman–Crippen LogP) is 8.43. The Hall–Kier alpha value is -5.85. The number of allylic oxidation sites excluding steroid dienone is 1. The lowest BCUT2D eigenvalue weighted by Gasteiger charge is -2.29. The van der Waals surface area contributed by atoms with Gasteiger partial charge in [-0.1, -0.05) is 50.2 Å². The molecular weight excluding hydrogens is 675 g/mol. The fraction of sp³-hybridized carbons (Fsp3) is 0.282. The van der Waals surface area contributed by atoms with E-state index in [1.54, 1.807) is 18.2 Å². The number of benzene rings is 3. The summed E-state index contributed by atoms with van der Waals surface area (Å²) in [4.78, 5) is 19.0. The van der Waals surface area contributed by atoms with E-state index in [0.717, 1.165) is 53.3 Å². The first-order chi connectivity index (χ1) is 25.1. The topological polar surface area (TPSA) is 99.8 Å². The number of ether oxygens (including phenoxy) is 4. The van der Waals surface area contributed by atoms with E-state index in [1.807, 2.05) is 62.4 Å². The Morgan fingerprint density at radius 3 is 2.33 bits per heavy atom. The van der Waals surface area contributed by atoms with Gasteiger partial charge in [0.25, 0.3) is 5.91 Å². The van der Waals surface area contributed by atoms with Crippen LogP contribution in [0.25, 0.3) is 23.0 Å². The van der Waals surface area contributed by atoms with Crippen molar-refractivity contribution in [2.24, 2.45) is 11.0 Å². The normalized spacial score (nSPS) is 19.8. The van der Waals surface area contributed by atoms with Crippen LogP contribution in [-0.4, -0.2) is 44.8 Å². The summed E-state index contributed by atoms with van der Waals surface area (Å²) in [6.07, 6.45) is -0.418. The van der Waals surface area contributed by atoms with Crippen molar-refractivity contribution in [3.05, 3.63) is 106 Å². The fourth-order valence-electron chi connectivity index (χ4n) is 7.39. The number of hydrazone groups is 1. The lowest BCUT2D eigenvalue weighted by molar-refractivity contribution is -0.142. The third-order valence-corrected chi connectivity index (χ3v) is 10.00. The minimum Gasteiger partial charge on any atom is -0.454 e. The van der Waals surface area contributed by atoms with Crippen LogP contribution in [-0.2, 0) is 6.18 Å². The molecule has 0 saturated heterocycles. The molecule has 0 unspecified atom stereocenters. The molecule has 3 aromatic carbocycles. The van der Waals surface area contributed by atoms with Gasteiger partial charge in [-0.3, -0.25) is 4.79 Å². The summed E-state index contributed by atoms with van der Waals surface area (Å²) in [5, 5.41) is 10.5. The van der Waals surface area contributed by atoms with E-state index in [0.29, 0.717) is 33.1 Å². The van der Waals surface area contributed by atoms with Crippen molar-refractivity contribution in [1.82, 2.24) is 19.6 Å². The van der Waals surface area contributed by atoms with E-state index in [4.69, 9.17) is 24.0 Å². The van der Waals surface area contributed by atoms with Crippen LogP contribution in [0.15, 0.2) is 83.5 Å². The molecule has 5 heterocycles. The van der Waals surface area contributed by atoms with Crippen LogP contribution in [0.3, 0.4) is 0 Å². The molecule has 52 heavy (non-hydrogen) atoms. The number of hydrogen-bond donors (Lipinski definition) is 0. The second-order valence-electron chi connectivity index (χ2n) is 13.6. The van der Waals surface area contributed by atoms with Gasteiger partial charge in [0.2, 0.25) is 13.6 Å². The Morgan fingerprint density at radius 1 is 0.885 bits per heavy atom. The monoisotopic (exact) mass is 707 g/mol. The van der Waals surface area contributed by atoms with Crippen LogP contribution in [0.1, 0.15) is 77.9 Å². The number of fused-ring (bicyclic) bond motifs is 4. The van der Waals surface area contributed by atoms with Crippen molar-refractivity contribution in [2.45, 2.75) is 51.2 Å². The second-order valence-corrected chi connectivity index (χ2v) is 13.6. The molecule has 1 saturated carbocycles. The van der Waals surface area contributed by atoms with E-state index in [-0.39, 0.29) is 42.5 Å². The standard InChI is InChI=1S/C39H32F3N5O5/c1-21(2)23-7-9-24(10-8-23)28-17-34(39(40,41)42)46-35(43-28)18-29(44-46)38(48)47-37(26-11-13-31-33(16-26)52-20-50-31)27-5-3-4-25(36(27)45-47)14-22-6-12-30-32(15-22)51-19-49-30/h6-18,21,27,37H,3-5,19-20H2,1-2H3/b25-14+/t27-,37+/m0/s1. The maximum Gasteiger partial charge on any atom is 0.433 e. The first-order valence-corrected chi connectivity index (χ1v) is 17.1. The molecule has 3 aliphatic heterocycles. The van der Waals surface area contributed by atoms with E-state index < -0.39 is 23.8 Å². The van der Waals surface area contributed by atoms with Crippen LogP contribution in [0.5, 0.6) is 23.0 Å². The average molecular weight is 708 g/mol. The van der Waals surface area contributed by atoms with E-state index >= 15 is 0 Å². The zero-order valence-electron chi connectivity index (χ0n) is 28.2. The number of amides is 1. The van der Waals surface area contributed by atoms with E-state index in [2.05, 4.69) is 10.1 Å². The van der Waals surface area contributed by atoms with E-state index in [9.17, 15) is 18.0 Å². The lowest BCUT2D eigenvalue weighted by Crippen LogP contribution is -2.32. The third kappa shape index (κ3) is 5.51. The summed E-state index contributed by atoms with van der Waals surface area (Å²) in [6, 6.07) is 20.2. The highest BCUT2D eigenvalue weighted by molar-refractivity contribution is 6.09. The minimum absolute atomic E-state index is 0.0827. The molecule has 4 aliphatic rings. The molecule has 0 bridgehead atoms. The van der Waals surface area contributed by atoms with Gasteiger partial charge < -0.3 is 18.9 Å². The molecule has 10 nitrogen and oxygen atoms in total. The highest BCUT2D eigenvalue weighted by atomic mass is 19.4. The maximum atomic E-state index is 14.5. The van der Waals surface area contributed by atoms with Crippen molar-refractivity contribution >= 4 is 23.3 Å². The number of hydrogen-bond acceptors (Lipinski definition) is 8. The molecule has 13 heteroatoms. The van der Waals surface area contributed by atoms with Gasteiger partial charge in [-0.05, 0) is 83.9 Å². The number of aromatic nitrogens is 3. The SMILES string of the molecule is CC(C)c1ccc(-c2cc(C(F)(F)F)n3nc(C(=O)N4N=C5/C(=C/c6ccc7c(c6)OCO7)CCC[C@@H]5[C@H]4c4ccc5c(c4)OCO5)cc3n2)cc1. The minimum atomic E-state index is -4.77. The summed E-state index contributed by atoms with van der Waals surface area (Å²) in [5.41, 5.74) is 3.70. The zero-order valence-corrected chi connectivity index (χ0v) is 28.2. The van der Waals surface area contributed by atoms with Gasteiger partial charge in [-0.15, -0.1) is 0 Å². The van der Waals surface area contributed by atoms with Crippen molar-refractivity contribution in [2.75, 3.05) is 13.6 Å². The van der Waals surface area contributed by atoms with Gasteiger partial charge in [-0.25, -0.2) is 14.5 Å². The van der Waals surface area contributed by atoms with Gasteiger partial charge in [0.1, 0.15) is 0 Å². The second kappa shape index (κ2) is 12.1. The number of halogens is 3. The van der Waals surface area contributed by atoms with Crippen LogP contribution in [0, 0.1) is 5.92 Å². The molecule has 1 aliphatic carbocycles. The first kappa shape index (κ1) is 32.1. The highest BCUT2D eigenvalue weighted by Gasteiger charge is 2.45. The number of nitrogens with zero attached hydrogens (tertiary/aromatic N) is 5. The molecule has 2 aromatic heterocycles. The molecule has 1 fully saturated rings. The number of alkyl halides is 3. The summed E-state index contributed by atoms with van der Waals surface area (Å²) >= 11 is 0. The first-order valence-electron chi connectivity index (χ1n) is 17.1. The Labute approximate surface area is 296 Å². The van der Waals surface area contributed by atoms with Gasteiger partial charge >= 0.3 is 6.18 Å². The fourth-order valence-corrected chi connectivity index (χ4v) is 7.39. The molecular formula is C39H32F3N5O5. The van der Waals surface area contributed by atoms with Crippen molar-refractivity contribution in [3.63, 3.8) is 0 Å². The van der Waals surface area contributed by atoms with Crippen molar-refractivity contribution < 1.29 is 36.9 Å². The van der Waals surface area contributed by atoms with Gasteiger partial charge in [0, 0.05) is 17.5 Å². The summed E-state index contributed by atoms with van der Waals surface area (Å²) in [5.74, 6) is 1.88. The molecule has 0 N–H and O–H groups in total. The Kier molecular flexibility index (Phi) is 7.49. The molecule has 0 spiro atoms. The van der Waals surface area contributed by atoms with Crippen LogP contribution in [0.4, 0.5) is 13.2 Å². The Bertz CT molecular complexity index is 2310. The van der Waals surface area contributed by atoms with Gasteiger partial charge in [0.15, 0.2) is 40.0 Å². The predicted molar refractivity (Wildman–Crippen MR) is 184 cm³/mol. The van der Waals surface area contributed by atoms with E-state index in [1.165, 1.54) is 11.1 Å². The number of carbonyl (C=O) groups is 1. The number of carbonyl (C=O) groups excluding carboxylic acids is 1. The zero-order chi connectivity index (χ0) is 35.7. The van der Waals surface area contributed by atoms with Crippen molar-refractivity contribution in [3.8, 4) is 34.3 Å². The average Bonchev–Trinajstić information content (AvgIpc) is 3.95. The van der Waals surface area contributed by atoms with Crippen LogP contribution >= 0.6 is 0 Å². The van der Waals surface area contributed by atoms with Gasteiger partial charge in [-0.2, -0.15) is 23.4 Å². The highest BCUT2D eigenvalue weighted by Crippen LogP contribution is 2.47. The summed E-state index contributed by atoms with van der Waals surface area (Å²) < 4.78 is 66.6. The number of rotatable bonds is 5. The molecule has 2 atom stereocenters. The molecule has 9 rings (SSSR count). The molecule has 264 valence electrons. The quantitative estimate of drug-likeness (QED) is 0.181. The molecule has 0 radical (unpaired) electrons. The van der Waals surface area contributed by atoms with Crippen LogP contribution < -0.4 is 18.9 Å². The lowest BCUT2D eigenvalue weighted by atomic mass is 9.77. The largest absolute Gasteiger partial charge is 0.454 e. The Morgan fingerprint density at radius 2 is 1.60 bits per heavy atom. The molecule has 1 amide bonds. The van der Waals surface area contributed by atoms with Crippen LogP contribution in [0.2, 0.25) is 0 Å². The summed E-state index contributed by atoms with van der Waals surface area (Å²) in [6.45, 7) is 4.33.